The molecule has 0 radical (unpaired) electrons. The number of ether oxygens (including phenoxy) is 1. The van der Waals surface area contributed by atoms with Gasteiger partial charge < -0.3 is 55.4 Å². The predicted octanol–water partition coefficient (Wildman–Crippen LogP) is -4.82. The molecule has 1 saturated heterocycles. The molecule has 15 nitrogen and oxygen atoms in total. The van der Waals surface area contributed by atoms with Crippen molar-refractivity contribution >= 4 is 19.7 Å². The molecule has 1 aliphatic rings. The summed E-state index contributed by atoms with van der Waals surface area (Å²) in [4.78, 5) is 48.9. The minimum absolute atomic E-state index is 0.149. The van der Waals surface area contributed by atoms with Crippen LogP contribution in [0, 0.1) is 0 Å². The van der Waals surface area contributed by atoms with Gasteiger partial charge in [-0.25, -0.2) is 9.78 Å². The second-order valence-corrected chi connectivity index (χ2v) is 8.16. The van der Waals surface area contributed by atoms with E-state index in [0.717, 1.165) is 5.69 Å². The molecule has 0 aliphatic carbocycles. The number of quaternary nitrogens is 1. The van der Waals surface area contributed by atoms with E-state index in [4.69, 9.17) is 15.6 Å². The number of aliphatic carboxylic acids is 1. The quantitative estimate of drug-likeness (QED) is 0.151. The summed E-state index contributed by atoms with van der Waals surface area (Å²) in [5, 5.41) is 28.2. The molecule has 3 rings (SSSR count). The Morgan fingerprint density at radius 2 is 2.09 bits per heavy atom. The van der Waals surface area contributed by atoms with E-state index in [1.807, 2.05) is 0 Å². The summed E-state index contributed by atoms with van der Waals surface area (Å²) < 4.78 is 21.1. The number of rotatable bonds is 8. The van der Waals surface area contributed by atoms with E-state index in [1.165, 1.54) is 35.4 Å². The number of primary amides is 1. The fraction of sp³-hybridized carbons (Fsp3) is 0.412. The van der Waals surface area contributed by atoms with Gasteiger partial charge >= 0.3 is 5.97 Å². The molecule has 0 bridgehead atoms. The normalized spacial score (nSPS) is 23.4. The Hall–Kier alpha value is -2.75. The molecule has 0 saturated carbocycles. The highest BCUT2D eigenvalue weighted by Crippen LogP contribution is 2.30. The Morgan fingerprint density at radius 1 is 1.39 bits per heavy atom. The lowest BCUT2D eigenvalue weighted by Crippen LogP contribution is -2.66. The molecule has 0 spiro atoms. The number of aromatic nitrogens is 3. The summed E-state index contributed by atoms with van der Waals surface area (Å²) in [7, 11) is -5.22. The number of carboxylic acid groups (broad SMARTS) is 1. The van der Waals surface area contributed by atoms with Crippen LogP contribution in [0.2, 0.25) is 0 Å². The smallest absolute Gasteiger partial charge is 0.362 e. The van der Waals surface area contributed by atoms with Crippen molar-refractivity contribution in [1.29, 1.82) is 0 Å². The van der Waals surface area contributed by atoms with Gasteiger partial charge in [0, 0.05) is 18.0 Å². The topological polar surface area (TPSA) is 263 Å². The first-order chi connectivity index (χ1) is 15.4. The monoisotopic (exact) mass is 489 g/mol. The van der Waals surface area contributed by atoms with Crippen LogP contribution >= 0.6 is 7.82 Å². The fourth-order valence-corrected chi connectivity index (χ4v) is 3.15. The number of nitrogens with zero attached hydrogens (tertiary/aromatic N) is 2. The number of aromatic amines is 1. The lowest BCUT2D eigenvalue weighted by Gasteiger charge is -2.30. The van der Waals surface area contributed by atoms with Gasteiger partial charge in [-0.1, -0.05) is 0 Å². The number of phosphoric acid groups is 1. The highest BCUT2D eigenvalue weighted by atomic mass is 31.2. The van der Waals surface area contributed by atoms with E-state index in [9.17, 15) is 34.2 Å². The number of hydrogen-bond donors (Lipinski definition) is 6. The number of aliphatic hydroxyl groups is 2. The Kier molecular flexibility index (Phi) is 9.16. The number of H-pyrrole nitrogens is 1. The van der Waals surface area contributed by atoms with Crippen LogP contribution in [0.4, 0.5) is 0 Å². The van der Waals surface area contributed by atoms with Crippen LogP contribution in [-0.2, 0) is 25.0 Å². The van der Waals surface area contributed by atoms with Crippen molar-refractivity contribution < 1.29 is 58.8 Å². The summed E-state index contributed by atoms with van der Waals surface area (Å²) in [6, 6.07) is 2.33. The van der Waals surface area contributed by atoms with Crippen LogP contribution in [0.5, 0.6) is 0 Å². The van der Waals surface area contributed by atoms with Gasteiger partial charge in [-0.3, -0.25) is 4.79 Å². The first-order valence-corrected chi connectivity index (χ1v) is 10.9. The van der Waals surface area contributed by atoms with Crippen LogP contribution in [0.25, 0.3) is 0 Å². The standard InChI is InChI=1S/C11H15N2O8P.C6H9N3O2/c12-10(16)6-2-1-3-13(4-6)11-9(15)8(14)7(21-11)5-20-22(17,18)19;7-5(6(10)11)1-4-2-8-3-9-4/h1-4,7-9,11,14-15H,5H2,(H3-,12,16,17,18,19);2-3,5H,1,7H2,(H,8,9)(H,10,11)/t7-,8-,9-,11-;5-/m10/s1. The van der Waals surface area contributed by atoms with Gasteiger partial charge in [-0.15, -0.1) is 0 Å². The highest BCUT2D eigenvalue weighted by molar-refractivity contribution is 7.43. The third-order valence-corrected chi connectivity index (χ3v) is 4.97. The van der Waals surface area contributed by atoms with Crippen LogP contribution in [-0.4, -0.2) is 68.1 Å². The van der Waals surface area contributed by atoms with Crippen LogP contribution < -0.4 is 25.8 Å². The molecule has 33 heavy (non-hydrogen) atoms. The number of nitrogens with one attached hydrogen (secondary N) is 1. The lowest BCUT2D eigenvalue weighted by atomic mass is 10.1. The third-order valence-electron chi connectivity index (χ3n) is 4.51. The molecular formula is C17H24N5O10P. The summed E-state index contributed by atoms with van der Waals surface area (Å²) in [6.45, 7) is -0.727. The molecule has 16 heteroatoms. The van der Waals surface area contributed by atoms with E-state index in [2.05, 4.69) is 20.2 Å². The van der Waals surface area contributed by atoms with Gasteiger partial charge in [0.1, 0.15) is 17.8 Å². The number of imidazole rings is 1. The van der Waals surface area contributed by atoms with Crippen LogP contribution in [0.1, 0.15) is 22.3 Å². The number of amides is 1. The predicted molar refractivity (Wildman–Crippen MR) is 101 cm³/mol. The number of carboxylic acids is 1. The SMILES string of the molecule is NC(=O)c1ccc[n+]([C@@H]2O[C@H](COP(=O)([O-])[O-])[C@@H](O)[C@H]2O)c1.[NH3+][C@@H](Cc1cnc[nH]1)C(=O)O. The lowest BCUT2D eigenvalue weighted by molar-refractivity contribution is -0.765. The largest absolute Gasteiger partial charge is 0.790 e. The number of hydrogen-bond acceptors (Lipinski definition) is 10. The molecule has 9 N–H and O–H groups in total. The van der Waals surface area contributed by atoms with Crippen molar-refractivity contribution in [3.05, 3.63) is 48.3 Å². The molecule has 0 aromatic carbocycles. The third kappa shape index (κ3) is 7.96. The van der Waals surface area contributed by atoms with Gasteiger partial charge in [-0.2, -0.15) is 4.57 Å². The summed E-state index contributed by atoms with van der Waals surface area (Å²) >= 11 is 0. The minimum atomic E-state index is -5.22. The Bertz CT molecular complexity index is 984. The second-order valence-electron chi connectivity index (χ2n) is 7.01. The summed E-state index contributed by atoms with van der Waals surface area (Å²) in [6.07, 6.45) is 1.07. The zero-order chi connectivity index (χ0) is 24.8. The number of pyridine rings is 1. The zero-order valence-electron chi connectivity index (χ0n) is 17.1. The van der Waals surface area contributed by atoms with E-state index in [-0.39, 0.29) is 5.56 Å². The fourth-order valence-electron chi connectivity index (χ4n) is 2.82. The molecule has 1 fully saturated rings. The van der Waals surface area contributed by atoms with E-state index in [1.54, 1.807) is 6.20 Å². The van der Waals surface area contributed by atoms with Gasteiger partial charge in [-0.05, 0) is 6.07 Å². The number of phosphoric ester groups is 1. The average molecular weight is 489 g/mol. The maximum atomic E-state index is 11.1. The van der Waals surface area contributed by atoms with Crippen LogP contribution in [0.15, 0.2) is 37.1 Å². The number of nitrogens with two attached hydrogens (primary N) is 1. The second kappa shape index (κ2) is 11.4. The number of carbonyl (C=O) groups excluding carboxylic acids is 1. The summed E-state index contributed by atoms with van der Waals surface area (Å²) in [5.74, 6) is -1.58. The van der Waals surface area contributed by atoms with E-state index < -0.39 is 56.9 Å². The maximum absolute atomic E-state index is 11.1. The van der Waals surface area contributed by atoms with Gasteiger partial charge in [0.15, 0.2) is 24.5 Å². The molecule has 1 amide bonds. The molecule has 5 atom stereocenters. The molecular weight excluding hydrogens is 465 g/mol. The van der Waals surface area contributed by atoms with Gasteiger partial charge in [0.25, 0.3) is 12.1 Å². The Labute approximate surface area is 186 Å². The van der Waals surface area contributed by atoms with E-state index >= 15 is 0 Å². The van der Waals surface area contributed by atoms with Gasteiger partial charge in [0.2, 0.25) is 0 Å². The molecule has 3 heterocycles. The zero-order valence-corrected chi connectivity index (χ0v) is 18.0. The number of aliphatic hydroxyl groups excluding tert-OH is 2. The Balaban J connectivity index is 0.000000294. The highest BCUT2D eigenvalue weighted by Gasteiger charge is 2.48. The molecule has 182 valence electrons. The maximum Gasteiger partial charge on any atom is 0.362 e. The van der Waals surface area contributed by atoms with Crippen molar-refractivity contribution in [2.45, 2.75) is 37.0 Å². The van der Waals surface area contributed by atoms with Crippen molar-refractivity contribution in [3.63, 3.8) is 0 Å². The van der Waals surface area contributed by atoms with Crippen LogP contribution in [0.3, 0.4) is 0 Å². The van der Waals surface area contributed by atoms with Crippen molar-refractivity contribution in [2.75, 3.05) is 6.61 Å². The van der Waals surface area contributed by atoms with Crippen molar-refractivity contribution in [3.8, 4) is 0 Å². The molecule has 2 aromatic heterocycles. The molecule has 0 unspecified atom stereocenters. The van der Waals surface area contributed by atoms with Crippen molar-refractivity contribution in [2.24, 2.45) is 5.73 Å². The van der Waals surface area contributed by atoms with E-state index in [0.29, 0.717) is 6.42 Å². The number of carbonyl (C=O) groups is 2. The Morgan fingerprint density at radius 3 is 2.64 bits per heavy atom. The molecule has 1 aliphatic heterocycles. The molecule has 2 aromatic rings. The average Bonchev–Trinajstić information content (AvgIpc) is 3.35. The van der Waals surface area contributed by atoms with Crippen molar-refractivity contribution in [1.82, 2.24) is 9.97 Å². The first-order valence-electron chi connectivity index (χ1n) is 9.41. The first kappa shape index (κ1) is 26.5. The summed E-state index contributed by atoms with van der Waals surface area (Å²) in [5.41, 5.74) is 9.55. The van der Waals surface area contributed by atoms with Gasteiger partial charge in [0.05, 0.1) is 27.2 Å². The minimum Gasteiger partial charge on any atom is -0.790 e.